The fraction of sp³-hybridized carbons (Fsp3) is 0. The van der Waals surface area contributed by atoms with Crippen molar-refractivity contribution in [3.05, 3.63) is 68.7 Å². The summed E-state index contributed by atoms with van der Waals surface area (Å²) >= 11 is 3.27. The number of nitrogens with zero attached hydrogens (tertiary/aromatic N) is 1. The van der Waals surface area contributed by atoms with E-state index < -0.39 is 10.9 Å². The lowest BCUT2D eigenvalue weighted by Crippen LogP contribution is -2.08. The Morgan fingerprint density at radius 1 is 1.16 bits per heavy atom. The molecule has 0 aromatic heterocycles. The Hall–Kier alpha value is -2.21. The average molecular weight is 322 g/mol. The van der Waals surface area contributed by atoms with Crippen LogP contribution in [0.5, 0.6) is 5.75 Å². The maximum Gasteiger partial charge on any atom is 0.343 e. The highest BCUT2D eigenvalue weighted by atomic mass is 79.9. The monoisotopic (exact) mass is 321 g/mol. The molecule has 0 aliphatic carbocycles. The Morgan fingerprint density at radius 3 is 2.47 bits per heavy atom. The minimum Gasteiger partial charge on any atom is -0.423 e. The number of hydrogen-bond donors (Lipinski definition) is 0. The molecule has 0 saturated carbocycles. The van der Waals surface area contributed by atoms with E-state index in [0.29, 0.717) is 5.75 Å². The fourth-order valence-electron chi connectivity index (χ4n) is 1.42. The Balaban J connectivity index is 2.18. The van der Waals surface area contributed by atoms with Crippen molar-refractivity contribution in [3.8, 4) is 5.75 Å². The molecule has 0 N–H and O–H groups in total. The maximum absolute atomic E-state index is 11.8. The molecule has 2 rings (SSSR count). The molecule has 0 radical (unpaired) electrons. The van der Waals surface area contributed by atoms with Crippen molar-refractivity contribution in [2.75, 3.05) is 0 Å². The molecule has 0 unspecified atom stereocenters. The van der Waals surface area contributed by atoms with E-state index in [1.807, 2.05) is 0 Å². The zero-order valence-corrected chi connectivity index (χ0v) is 11.2. The third-order valence-electron chi connectivity index (χ3n) is 2.32. The third kappa shape index (κ3) is 3.38. The second-order valence-corrected chi connectivity index (χ2v) is 4.57. The molecule has 0 aliphatic heterocycles. The number of rotatable bonds is 3. The predicted molar refractivity (Wildman–Crippen MR) is 72.2 cm³/mol. The molecule has 19 heavy (non-hydrogen) atoms. The lowest BCUT2D eigenvalue weighted by molar-refractivity contribution is -0.384. The maximum atomic E-state index is 11.8. The molecule has 0 fully saturated rings. The summed E-state index contributed by atoms with van der Waals surface area (Å²) in [5.41, 5.74) is -0.0117. The van der Waals surface area contributed by atoms with Gasteiger partial charge in [-0.05, 0) is 30.3 Å². The predicted octanol–water partition coefficient (Wildman–Crippen LogP) is 3.58. The van der Waals surface area contributed by atoms with Gasteiger partial charge in [0.2, 0.25) is 0 Å². The lowest BCUT2D eigenvalue weighted by atomic mass is 10.2. The van der Waals surface area contributed by atoms with Crippen LogP contribution >= 0.6 is 15.9 Å². The SMILES string of the molecule is O=C(Oc1ccc(Br)cc1)c1cccc([N+](=O)[O-])c1. The number of carbonyl (C=O) groups is 1. The van der Waals surface area contributed by atoms with Crippen molar-refractivity contribution < 1.29 is 14.5 Å². The topological polar surface area (TPSA) is 69.4 Å². The minimum absolute atomic E-state index is 0.136. The zero-order valence-electron chi connectivity index (χ0n) is 9.58. The van der Waals surface area contributed by atoms with Gasteiger partial charge in [0, 0.05) is 16.6 Å². The summed E-state index contributed by atoms with van der Waals surface area (Å²) in [4.78, 5) is 21.9. The van der Waals surface area contributed by atoms with E-state index in [1.165, 1.54) is 24.3 Å². The number of nitro groups is 1. The molecule has 6 heteroatoms. The van der Waals surface area contributed by atoms with Gasteiger partial charge in [-0.2, -0.15) is 0 Å². The van der Waals surface area contributed by atoms with Gasteiger partial charge < -0.3 is 4.74 Å². The first-order valence-electron chi connectivity index (χ1n) is 5.28. The van der Waals surface area contributed by atoms with Crippen LogP contribution in [0.1, 0.15) is 10.4 Å². The normalized spacial score (nSPS) is 9.95. The second-order valence-electron chi connectivity index (χ2n) is 3.65. The average Bonchev–Trinajstić information content (AvgIpc) is 2.41. The highest BCUT2D eigenvalue weighted by molar-refractivity contribution is 9.10. The summed E-state index contributed by atoms with van der Waals surface area (Å²) in [5, 5.41) is 10.6. The summed E-state index contributed by atoms with van der Waals surface area (Å²) in [5.74, 6) is -0.259. The molecule has 0 spiro atoms. The van der Waals surface area contributed by atoms with E-state index in [4.69, 9.17) is 4.74 Å². The van der Waals surface area contributed by atoms with Crippen LogP contribution in [0.3, 0.4) is 0 Å². The molecule has 96 valence electrons. The zero-order chi connectivity index (χ0) is 13.8. The molecule has 0 amide bonds. The molecule has 2 aromatic rings. The summed E-state index contributed by atoms with van der Waals surface area (Å²) in [6.45, 7) is 0. The smallest absolute Gasteiger partial charge is 0.343 e. The first-order chi connectivity index (χ1) is 9.06. The van der Waals surface area contributed by atoms with E-state index in [1.54, 1.807) is 24.3 Å². The van der Waals surface area contributed by atoms with Crippen molar-refractivity contribution in [2.24, 2.45) is 0 Å². The Morgan fingerprint density at radius 2 is 1.84 bits per heavy atom. The summed E-state index contributed by atoms with van der Waals surface area (Å²) in [6.07, 6.45) is 0. The van der Waals surface area contributed by atoms with Gasteiger partial charge in [0.25, 0.3) is 5.69 Å². The second kappa shape index (κ2) is 5.62. The fourth-order valence-corrected chi connectivity index (χ4v) is 1.68. The molecule has 5 nitrogen and oxygen atoms in total. The Kier molecular flexibility index (Phi) is 3.91. The number of carbonyl (C=O) groups excluding carboxylic acids is 1. The van der Waals surface area contributed by atoms with Gasteiger partial charge >= 0.3 is 5.97 Å². The van der Waals surface area contributed by atoms with Crippen LogP contribution in [0.2, 0.25) is 0 Å². The highest BCUT2D eigenvalue weighted by Crippen LogP contribution is 2.19. The molecule has 0 atom stereocenters. The van der Waals surface area contributed by atoms with Crippen molar-refractivity contribution in [2.45, 2.75) is 0 Å². The third-order valence-corrected chi connectivity index (χ3v) is 2.85. The number of hydrogen-bond acceptors (Lipinski definition) is 4. The van der Waals surface area contributed by atoms with Crippen molar-refractivity contribution >= 4 is 27.6 Å². The van der Waals surface area contributed by atoms with E-state index in [2.05, 4.69) is 15.9 Å². The molecule has 0 heterocycles. The van der Waals surface area contributed by atoms with E-state index >= 15 is 0 Å². The van der Waals surface area contributed by atoms with Crippen LogP contribution in [0.25, 0.3) is 0 Å². The van der Waals surface area contributed by atoms with E-state index in [9.17, 15) is 14.9 Å². The molecular weight excluding hydrogens is 314 g/mol. The summed E-state index contributed by atoms with van der Waals surface area (Å²) in [7, 11) is 0. The largest absolute Gasteiger partial charge is 0.423 e. The first kappa shape index (κ1) is 13.2. The number of nitro benzene ring substituents is 1. The number of non-ortho nitro benzene ring substituents is 1. The van der Waals surface area contributed by atoms with E-state index in [-0.39, 0.29) is 11.3 Å². The van der Waals surface area contributed by atoms with Crippen molar-refractivity contribution in [3.63, 3.8) is 0 Å². The molecule has 0 saturated heterocycles. The first-order valence-corrected chi connectivity index (χ1v) is 6.08. The van der Waals surface area contributed by atoms with Crippen LogP contribution in [-0.4, -0.2) is 10.9 Å². The lowest BCUT2D eigenvalue weighted by Gasteiger charge is -2.04. The van der Waals surface area contributed by atoms with Gasteiger partial charge in [0.15, 0.2) is 0 Å². The van der Waals surface area contributed by atoms with Gasteiger partial charge in [-0.1, -0.05) is 22.0 Å². The van der Waals surface area contributed by atoms with Crippen LogP contribution in [0, 0.1) is 10.1 Å². The number of ether oxygens (including phenoxy) is 1. The molecule has 2 aromatic carbocycles. The quantitative estimate of drug-likeness (QED) is 0.375. The summed E-state index contributed by atoms with van der Waals surface area (Å²) in [6, 6.07) is 12.1. The van der Waals surface area contributed by atoms with Crippen LogP contribution in [0.15, 0.2) is 53.0 Å². The van der Waals surface area contributed by atoms with Gasteiger partial charge in [-0.25, -0.2) is 4.79 Å². The number of halogens is 1. The van der Waals surface area contributed by atoms with Crippen LogP contribution in [-0.2, 0) is 0 Å². The van der Waals surface area contributed by atoms with Gasteiger partial charge in [0.05, 0.1) is 10.5 Å². The Labute approximate surface area is 117 Å². The minimum atomic E-state index is -0.633. The van der Waals surface area contributed by atoms with Crippen LogP contribution < -0.4 is 4.74 Å². The van der Waals surface area contributed by atoms with Crippen LogP contribution in [0.4, 0.5) is 5.69 Å². The van der Waals surface area contributed by atoms with Crippen molar-refractivity contribution in [1.29, 1.82) is 0 Å². The molecule has 0 aliphatic rings. The van der Waals surface area contributed by atoms with Gasteiger partial charge in [-0.15, -0.1) is 0 Å². The highest BCUT2D eigenvalue weighted by Gasteiger charge is 2.13. The van der Waals surface area contributed by atoms with Gasteiger partial charge in [0.1, 0.15) is 5.75 Å². The van der Waals surface area contributed by atoms with Crippen molar-refractivity contribution in [1.82, 2.24) is 0 Å². The van der Waals surface area contributed by atoms with Gasteiger partial charge in [-0.3, -0.25) is 10.1 Å². The standard InChI is InChI=1S/C13H8BrNO4/c14-10-4-6-12(7-5-10)19-13(16)9-2-1-3-11(8-9)15(17)18/h1-8H. The summed E-state index contributed by atoms with van der Waals surface area (Å²) < 4.78 is 5.97. The number of benzene rings is 2. The number of esters is 1. The molecular formula is C13H8BrNO4. The van der Waals surface area contributed by atoms with E-state index in [0.717, 1.165) is 4.47 Å². The Bertz CT molecular complexity index is 625. The molecule has 0 bridgehead atoms.